The van der Waals surface area contributed by atoms with Crippen molar-refractivity contribution in [1.29, 1.82) is 0 Å². The molecular weight excluding hydrogens is 288 g/mol. The van der Waals surface area contributed by atoms with E-state index in [2.05, 4.69) is 22.1 Å². The molecule has 1 amide bonds. The lowest BCUT2D eigenvalue weighted by Crippen LogP contribution is -2.23. The van der Waals surface area contributed by atoms with Crippen molar-refractivity contribution in [3.63, 3.8) is 0 Å². The van der Waals surface area contributed by atoms with Crippen LogP contribution in [0.1, 0.15) is 20.8 Å². The third-order valence-electron chi connectivity index (χ3n) is 2.71. The van der Waals surface area contributed by atoms with Crippen molar-refractivity contribution in [2.45, 2.75) is 6.54 Å². The Kier molecular flexibility index (Phi) is 5.32. The van der Waals surface area contributed by atoms with Crippen molar-refractivity contribution >= 4 is 17.2 Å². The fraction of sp³-hybridized carbons (Fsp3) is 0.200. The number of hydrogen-bond acceptors (Lipinski definition) is 5. The molecule has 0 aliphatic carbocycles. The Morgan fingerprint density at radius 3 is 3.14 bits per heavy atom. The van der Waals surface area contributed by atoms with Gasteiger partial charge in [-0.05, 0) is 17.5 Å². The number of aliphatic hydroxyl groups is 1. The second kappa shape index (κ2) is 7.43. The average molecular weight is 302 g/mol. The average Bonchev–Trinajstić information content (AvgIpc) is 2.97. The Morgan fingerprint density at radius 2 is 2.38 bits per heavy atom. The van der Waals surface area contributed by atoms with Crippen LogP contribution in [-0.4, -0.2) is 29.7 Å². The van der Waals surface area contributed by atoms with Crippen LogP contribution in [0.4, 0.5) is 0 Å². The minimum Gasteiger partial charge on any atom is -0.494 e. The Morgan fingerprint density at radius 1 is 1.52 bits per heavy atom. The van der Waals surface area contributed by atoms with Gasteiger partial charge in [0.15, 0.2) is 0 Å². The maximum Gasteiger partial charge on any atom is 0.255 e. The standard InChI is InChI=1S/C15H14N2O3S/c1-20-13-9-16-6-4-12(13)15(19)17-10-14-11(3-2-7-18)5-8-21-14/h4-6,8-9,18H,7,10H2,1H3,(H,17,19). The molecule has 0 saturated carbocycles. The molecule has 5 nitrogen and oxygen atoms in total. The maximum absolute atomic E-state index is 12.2. The Labute approximate surface area is 126 Å². The summed E-state index contributed by atoms with van der Waals surface area (Å²) in [5.41, 5.74) is 1.25. The molecule has 0 aromatic carbocycles. The number of amides is 1. The SMILES string of the molecule is COc1cnccc1C(=O)NCc1sccc1C#CCO. The third-order valence-corrected chi connectivity index (χ3v) is 3.63. The number of pyridine rings is 1. The molecule has 108 valence electrons. The zero-order valence-electron chi connectivity index (χ0n) is 11.4. The highest BCUT2D eigenvalue weighted by molar-refractivity contribution is 7.10. The van der Waals surface area contributed by atoms with Crippen LogP contribution in [0.15, 0.2) is 29.9 Å². The zero-order chi connectivity index (χ0) is 15.1. The van der Waals surface area contributed by atoms with Crippen LogP contribution < -0.4 is 10.1 Å². The van der Waals surface area contributed by atoms with Crippen LogP contribution in [0.2, 0.25) is 0 Å². The first kappa shape index (κ1) is 15.0. The monoisotopic (exact) mass is 302 g/mol. The third kappa shape index (κ3) is 3.81. The molecule has 21 heavy (non-hydrogen) atoms. The van der Waals surface area contributed by atoms with Crippen LogP contribution in [0, 0.1) is 11.8 Å². The highest BCUT2D eigenvalue weighted by atomic mass is 32.1. The largest absolute Gasteiger partial charge is 0.494 e. The van der Waals surface area contributed by atoms with Gasteiger partial charge < -0.3 is 15.2 Å². The summed E-state index contributed by atoms with van der Waals surface area (Å²) in [6.07, 6.45) is 3.04. The summed E-state index contributed by atoms with van der Waals surface area (Å²) in [5.74, 6) is 5.65. The van der Waals surface area contributed by atoms with Gasteiger partial charge in [0.1, 0.15) is 12.4 Å². The highest BCUT2D eigenvalue weighted by Crippen LogP contribution is 2.18. The summed E-state index contributed by atoms with van der Waals surface area (Å²) >= 11 is 1.50. The number of aliphatic hydroxyl groups excluding tert-OH is 1. The van der Waals surface area contributed by atoms with Gasteiger partial charge >= 0.3 is 0 Å². The molecule has 0 radical (unpaired) electrons. The molecule has 2 heterocycles. The second-order valence-corrected chi connectivity index (χ2v) is 4.98. The van der Waals surface area contributed by atoms with Crippen molar-refractivity contribution in [3.8, 4) is 17.6 Å². The fourth-order valence-electron chi connectivity index (χ4n) is 1.71. The second-order valence-electron chi connectivity index (χ2n) is 3.98. The van der Waals surface area contributed by atoms with Gasteiger partial charge in [0.25, 0.3) is 5.91 Å². The van der Waals surface area contributed by atoms with Gasteiger partial charge in [-0.25, -0.2) is 0 Å². The molecule has 0 fully saturated rings. The number of thiophene rings is 1. The lowest BCUT2D eigenvalue weighted by atomic mass is 10.2. The van der Waals surface area contributed by atoms with Gasteiger partial charge in [0, 0.05) is 16.6 Å². The first-order valence-electron chi connectivity index (χ1n) is 6.18. The van der Waals surface area contributed by atoms with E-state index in [0.29, 0.717) is 17.9 Å². The molecular formula is C15H14N2O3S. The summed E-state index contributed by atoms with van der Waals surface area (Å²) in [4.78, 5) is 17.0. The van der Waals surface area contributed by atoms with Crippen molar-refractivity contribution in [1.82, 2.24) is 10.3 Å². The van der Waals surface area contributed by atoms with E-state index in [9.17, 15) is 4.79 Å². The summed E-state index contributed by atoms with van der Waals surface area (Å²) in [6, 6.07) is 3.47. The molecule has 2 aromatic heterocycles. The van der Waals surface area contributed by atoms with E-state index in [0.717, 1.165) is 10.4 Å². The van der Waals surface area contributed by atoms with Gasteiger partial charge in [-0.3, -0.25) is 9.78 Å². The summed E-state index contributed by atoms with van der Waals surface area (Å²) in [6.45, 7) is 0.188. The van der Waals surface area contributed by atoms with Gasteiger partial charge in [-0.15, -0.1) is 11.3 Å². The minimum atomic E-state index is -0.233. The maximum atomic E-state index is 12.2. The molecule has 0 aliphatic heterocycles. The van der Waals surface area contributed by atoms with Gasteiger partial charge in [0.2, 0.25) is 0 Å². The number of ether oxygens (including phenoxy) is 1. The summed E-state index contributed by atoms with van der Waals surface area (Å²) in [7, 11) is 1.50. The minimum absolute atomic E-state index is 0.185. The van der Waals surface area contributed by atoms with E-state index < -0.39 is 0 Å². The van der Waals surface area contributed by atoms with Crippen molar-refractivity contribution in [2.75, 3.05) is 13.7 Å². The van der Waals surface area contributed by atoms with Crippen LogP contribution in [0.25, 0.3) is 0 Å². The lowest BCUT2D eigenvalue weighted by Gasteiger charge is -2.08. The van der Waals surface area contributed by atoms with Crippen molar-refractivity contribution in [3.05, 3.63) is 45.9 Å². The number of carbonyl (C=O) groups excluding carboxylic acids is 1. The van der Waals surface area contributed by atoms with Gasteiger partial charge in [0.05, 0.1) is 25.4 Å². The number of nitrogens with one attached hydrogen (secondary N) is 1. The molecule has 6 heteroatoms. The molecule has 2 N–H and O–H groups in total. The topological polar surface area (TPSA) is 71.5 Å². The van der Waals surface area contributed by atoms with Gasteiger partial charge in [-0.2, -0.15) is 0 Å². The van der Waals surface area contributed by atoms with E-state index in [-0.39, 0.29) is 12.5 Å². The van der Waals surface area contributed by atoms with E-state index in [1.165, 1.54) is 24.6 Å². The zero-order valence-corrected chi connectivity index (χ0v) is 12.2. The summed E-state index contributed by atoms with van der Waals surface area (Å²) in [5, 5.41) is 13.4. The predicted molar refractivity (Wildman–Crippen MR) is 80.2 cm³/mol. The Balaban J connectivity index is 2.06. The van der Waals surface area contributed by atoms with Crippen LogP contribution >= 0.6 is 11.3 Å². The molecule has 0 bridgehead atoms. The highest BCUT2D eigenvalue weighted by Gasteiger charge is 2.12. The first-order chi connectivity index (χ1) is 10.3. The first-order valence-corrected chi connectivity index (χ1v) is 7.06. The molecule has 0 unspecified atom stereocenters. The van der Waals surface area contributed by atoms with Crippen LogP contribution in [0.3, 0.4) is 0 Å². The van der Waals surface area contributed by atoms with E-state index >= 15 is 0 Å². The Bertz CT molecular complexity index is 685. The smallest absolute Gasteiger partial charge is 0.255 e. The van der Waals surface area contributed by atoms with E-state index in [1.807, 2.05) is 11.4 Å². The fourth-order valence-corrected chi connectivity index (χ4v) is 2.48. The van der Waals surface area contributed by atoms with Crippen LogP contribution in [0.5, 0.6) is 5.75 Å². The molecule has 0 saturated heterocycles. The number of hydrogen-bond donors (Lipinski definition) is 2. The predicted octanol–water partition coefficient (Wildman–Crippen LogP) is 1.43. The van der Waals surface area contributed by atoms with Crippen molar-refractivity contribution < 1.29 is 14.6 Å². The molecule has 2 rings (SSSR count). The number of aromatic nitrogens is 1. The molecule has 2 aromatic rings. The van der Waals surface area contributed by atoms with E-state index in [1.54, 1.807) is 12.3 Å². The normalized spacial score (nSPS) is 9.62. The van der Waals surface area contributed by atoms with Crippen LogP contribution in [-0.2, 0) is 6.54 Å². The van der Waals surface area contributed by atoms with Gasteiger partial charge in [-0.1, -0.05) is 11.8 Å². The number of methoxy groups -OCH3 is 1. The van der Waals surface area contributed by atoms with Crippen molar-refractivity contribution in [2.24, 2.45) is 0 Å². The number of carbonyl (C=O) groups is 1. The molecule has 0 spiro atoms. The van der Waals surface area contributed by atoms with E-state index in [4.69, 9.17) is 9.84 Å². The summed E-state index contributed by atoms with van der Waals surface area (Å²) < 4.78 is 5.11. The molecule has 0 atom stereocenters. The lowest BCUT2D eigenvalue weighted by molar-refractivity contribution is 0.0948. The number of nitrogens with zero attached hydrogens (tertiary/aromatic N) is 1. The number of rotatable bonds is 4. The quantitative estimate of drug-likeness (QED) is 0.838. The Hall–Kier alpha value is -2.36. The molecule has 0 aliphatic rings.